The molecular formula is C19H21N. The van der Waals surface area contributed by atoms with E-state index in [-0.39, 0.29) is 0 Å². The molecule has 0 amide bonds. The maximum Gasteiger partial charge on any atom is 0.0609 e. The van der Waals surface area contributed by atoms with Gasteiger partial charge < -0.3 is 0 Å². The van der Waals surface area contributed by atoms with E-state index < -0.39 is 0 Å². The van der Waals surface area contributed by atoms with E-state index in [9.17, 15) is 0 Å². The summed E-state index contributed by atoms with van der Waals surface area (Å²) < 4.78 is 0. The largest absolute Gasteiger partial charge is 0.281 e. The Balaban J connectivity index is 2.16. The van der Waals surface area contributed by atoms with Gasteiger partial charge in [-0.05, 0) is 25.0 Å². The third-order valence-electron chi connectivity index (χ3n) is 3.52. The Morgan fingerprint density at radius 3 is 2.15 bits per heavy atom. The lowest BCUT2D eigenvalue weighted by molar-refractivity contribution is 0.229. The Labute approximate surface area is 122 Å². The van der Waals surface area contributed by atoms with Crippen LogP contribution in [0.2, 0.25) is 0 Å². The van der Waals surface area contributed by atoms with Gasteiger partial charge in [0.1, 0.15) is 0 Å². The highest BCUT2D eigenvalue weighted by Gasteiger charge is 2.14. The van der Waals surface area contributed by atoms with E-state index in [2.05, 4.69) is 84.3 Å². The van der Waals surface area contributed by atoms with Crippen LogP contribution in [0, 0.1) is 11.8 Å². The lowest BCUT2D eigenvalue weighted by atomic mass is 10.1. The second kappa shape index (κ2) is 7.53. The molecule has 0 bridgehead atoms. The van der Waals surface area contributed by atoms with Gasteiger partial charge in [-0.1, -0.05) is 66.6 Å². The van der Waals surface area contributed by atoms with Gasteiger partial charge >= 0.3 is 0 Å². The molecule has 20 heavy (non-hydrogen) atoms. The van der Waals surface area contributed by atoms with Crippen molar-refractivity contribution < 1.29 is 0 Å². The van der Waals surface area contributed by atoms with E-state index >= 15 is 0 Å². The summed E-state index contributed by atoms with van der Waals surface area (Å²) >= 11 is 0. The minimum atomic E-state index is 0.359. The molecule has 0 saturated carbocycles. The minimum Gasteiger partial charge on any atom is -0.281 e. The maximum atomic E-state index is 3.20. The standard InChI is InChI=1S/C19H21N/c1-3-4-15-20(16-18-11-7-5-8-12-18)17(2)19-13-9-6-10-14-19/h5-14,17H,15-16H2,1-2H3/t17-/m1/s1. The molecule has 1 nitrogen and oxygen atoms in total. The first-order chi connectivity index (χ1) is 9.81. The third kappa shape index (κ3) is 3.98. The first kappa shape index (κ1) is 14.4. The van der Waals surface area contributed by atoms with Gasteiger partial charge in [-0.2, -0.15) is 0 Å². The van der Waals surface area contributed by atoms with Crippen LogP contribution in [0.5, 0.6) is 0 Å². The number of hydrogen-bond acceptors (Lipinski definition) is 1. The van der Waals surface area contributed by atoms with Crippen LogP contribution < -0.4 is 0 Å². The number of rotatable bonds is 5. The molecule has 2 aromatic carbocycles. The monoisotopic (exact) mass is 263 g/mol. The van der Waals surface area contributed by atoms with Crippen LogP contribution in [-0.4, -0.2) is 11.4 Å². The first-order valence-corrected chi connectivity index (χ1v) is 7.04. The van der Waals surface area contributed by atoms with Crippen LogP contribution >= 0.6 is 0 Å². The number of hydrogen-bond donors (Lipinski definition) is 0. The molecule has 0 aromatic heterocycles. The fraction of sp³-hybridized carbons (Fsp3) is 0.263. The summed E-state index contributed by atoms with van der Waals surface area (Å²) in [5.74, 6) is 6.19. The zero-order chi connectivity index (χ0) is 14.2. The number of benzene rings is 2. The van der Waals surface area contributed by atoms with Gasteiger partial charge in [-0.3, -0.25) is 4.90 Å². The highest BCUT2D eigenvalue weighted by molar-refractivity contribution is 5.20. The van der Waals surface area contributed by atoms with E-state index in [1.807, 2.05) is 6.92 Å². The van der Waals surface area contributed by atoms with Crippen LogP contribution in [0.15, 0.2) is 60.7 Å². The van der Waals surface area contributed by atoms with Crippen molar-refractivity contribution in [2.75, 3.05) is 6.54 Å². The van der Waals surface area contributed by atoms with Crippen molar-refractivity contribution in [2.45, 2.75) is 26.4 Å². The lowest BCUT2D eigenvalue weighted by Gasteiger charge is -2.27. The second-order valence-electron chi connectivity index (χ2n) is 4.90. The summed E-state index contributed by atoms with van der Waals surface area (Å²) in [5.41, 5.74) is 2.66. The first-order valence-electron chi connectivity index (χ1n) is 7.04. The highest BCUT2D eigenvalue weighted by Crippen LogP contribution is 2.21. The SMILES string of the molecule is CC#CCN(Cc1ccccc1)[C@H](C)c1ccccc1. The van der Waals surface area contributed by atoms with E-state index in [1.54, 1.807) is 0 Å². The van der Waals surface area contributed by atoms with Crippen molar-refractivity contribution in [2.24, 2.45) is 0 Å². The minimum absolute atomic E-state index is 0.359. The van der Waals surface area contributed by atoms with Crippen LogP contribution in [0.3, 0.4) is 0 Å². The van der Waals surface area contributed by atoms with Gasteiger partial charge in [0.05, 0.1) is 6.54 Å². The van der Waals surface area contributed by atoms with Crippen LogP contribution in [0.25, 0.3) is 0 Å². The molecule has 0 radical (unpaired) electrons. The van der Waals surface area contributed by atoms with Gasteiger partial charge in [-0.15, -0.1) is 5.92 Å². The van der Waals surface area contributed by atoms with Crippen molar-refractivity contribution >= 4 is 0 Å². The van der Waals surface area contributed by atoms with Crippen LogP contribution in [0.1, 0.15) is 31.0 Å². The van der Waals surface area contributed by atoms with Gasteiger partial charge in [0.2, 0.25) is 0 Å². The molecule has 1 heteroatoms. The van der Waals surface area contributed by atoms with Crippen molar-refractivity contribution in [1.29, 1.82) is 0 Å². The molecule has 0 aliphatic rings. The average molecular weight is 263 g/mol. The Kier molecular flexibility index (Phi) is 5.41. The summed E-state index contributed by atoms with van der Waals surface area (Å²) in [6, 6.07) is 21.5. The van der Waals surface area contributed by atoms with Crippen molar-refractivity contribution in [1.82, 2.24) is 4.90 Å². The van der Waals surface area contributed by atoms with E-state index in [0.717, 1.165) is 13.1 Å². The van der Waals surface area contributed by atoms with E-state index in [1.165, 1.54) is 11.1 Å². The summed E-state index contributed by atoms with van der Waals surface area (Å²) in [4.78, 5) is 2.40. The van der Waals surface area contributed by atoms with Gasteiger partial charge in [0.15, 0.2) is 0 Å². The number of nitrogens with zero attached hydrogens (tertiary/aromatic N) is 1. The highest BCUT2D eigenvalue weighted by atomic mass is 15.1. The Morgan fingerprint density at radius 1 is 0.950 bits per heavy atom. The topological polar surface area (TPSA) is 3.24 Å². The summed E-state index contributed by atoms with van der Waals surface area (Å²) in [7, 11) is 0. The molecule has 0 fully saturated rings. The predicted molar refractivity (Wildman–Crippen MR) is 85.2 cm³/mol. The molecule has 0 unspecified atom stereocenters. The quantitative estimate of drug-likeness (QED) is 0.728. The summed E-state index contributed by atoms with van der Waals surface area (Å²) in [5, 5.41) is 0. The molecule has 0 spiro atoms. The van der Waals surface area contributed by atoms with Crippen molar-refractivity contribution in [3.8, 4) is 11.8 Å². The molecule has 0 aliphatic heterocycles. The molecule has 2 rings (SSSR count). The Bertz CT molecular complexity index is 563. The molecule has 0 saturated heterocycles. The lowest BCUT2D eigenvalue weighted by Crippen LogP contribution is -2.27. The zero-order valence-electron chi connectivity index (χ0n) is 12.2. The molecule has 0 N–H and O–H groups in total. The van der Waals surface area contributed by atoms with Crippen LogP contribution in [-0.2, 0) is 6.54 Å². The summed E-state index contributed by atoms with van der Waals surface area (Å²) in [6.07, 6.45) is 0. The fourth-order valence-corrected chi connectivity index (χ4v) is 2.27. The normalized spacial score (nSPS) is 11.8. The fourth-order valence-electron chi connectivity index (χ4n) is 2.27. The molecule has 102 valence electrons. The van der Waals surface area contributed by atoms with Gasteiger partial charge in [-0.25, -0.2) is 0 Å². The van der Waals surface area contributed by atoms with E-state index in [0.29, 0.717) is 6.04 Å². The van der Waals surface area contributed by atoms with Crippen molar-refractivity contribution in [3.05, 3.63) is 71.8 Å². The molecular weight excluding hydrogens is 242 g/mol. The maximum absolute atomic E-state index is 3.20. The molecule has 0 aliphatic carbocycles. The zero-order valence-corrected chi connectivity index (χ0v) is 12.2. The van der Waals surface area contributed by atoms with Crippen LogP contribution in [0.4, 0.5) is 0 Å². The van der Waals surface area contributed by atoms with Crippen molar-refractivity contribution in [3.63, 3.8) is 0 Å². The smallest absolute Gasteiger partial charge is 0.0609 e. The Hall–Kier alpha value is -2.04. The van der Waals surface area contributed by atoms with E-state index in [4.69, 9.17) is 0 Å². The average Bonchev–Trinajstić information content (AvgIpc) is 2.52. The van der Waals surface area contributed by atoms with Gasteiger partial charge in [0, 0.05) is 12.6 Å². The predicted octanol–water partition coefficient (Wildman–Crippen LogP) is 4.27. The molecule has 2 aromatic rings. The second-order valence-corrected chi connectivity index (χ2v) is 4.90. The molecule has 0 heterocycles. The summed E-state index contributed by atoms with van der Waals surface area (Å²) in [6.45, 7) is 5.86. The van der Waals surface area contributed by atoms with Gasteiger partial charge in [0.25, 0.3) is 0 Å². The Morgan fingerprint density at radius 2 is 1.55 bits per heavy atom. The third-order valence-corrected chi connectivity index (χ3v) is 3.52. The molecule has 1 atom stereocenters.